The zero-order valence-corrected chi connectivity index (χ0v) is 16.5. The Morgan fingerprint density at radius 3 is 2.57 bits per heavy atom. The van der Waals surface area contributed by atoms with Crippen molar-refractivity contribution in [2.45, 2.75) is 46.1 Å². The number of carbonyl (C=O) groups is 2. The largest absolute Gasteiger partial charge is 0.487 e. The molecule has 28 heavy (non-hydrogen) atoms. The molecule has 0 bridgehead atoms. The third kappa shape index (κ3) is 6.07. The average Bonchev–Trinajstić information content (AvgIpc) is 2.68. The van der Waals surface area contributed by atoms with Crippen molar-refractivity contribution in [2.24, 2.45) is 5.92 Å². The lowest BCUT2D eigenvalue weighted by molar-refractivity contribution is -0.151. The first-order valence-electron chi connectivity index (χ1n) is 9.55. The number of carbonyl (C=O) groups excluding carboxylic acids is 2. The predicted octanol–water partition coefficient (Wildman–Crippen LogP) is 3.24. The van der Waals surface area contributed by atoms with Gasteiger partial charge in [-0.1, -0.05) is 6.07 Å². The molecule has 0 spiro atoms. The number of esters is 1. The van der Waals surface area contributed by atoms with Crippen LogP contribution in [0.1, 0.15) is 32.3 Å². The fraction of sp³-hybridized carbons (Fsp3) is 0.600. The van der Waals surface area contributed by atoms with Crippen molar-refractivity contribution in [3.8, 4) is 5.75 Å². The minimum absolute atomic E-state index is 0.0714. The maximum Gasteiger partial charge on any atom is 0.309 e. The van der Waals surface area contributed by atoms with Crippen LogP contribution >= 0.6 is 0 Å². The molecular formula is C20H28F2N2O4. The molecule has 1 saturated heterocycles. The van der Waals surface area contributed by atoms with E-state index in [0.717, 1.165) is 5.56 Å². The molecule has 1 unspecified atom stereocenters. The van der Waals surface area contributed by atoms with E-state index in [1.807, 2.05) is 0 Å². The Kier molecular flexibility index (Phi) is 8.02. The van der Waals surface area contributed by atoms with Gasteiger partial charge >= 0.3 is 5.97 Å². The lowest BCUT2D eigenvalue weighted by Gasteiger charge is -2.33. The van der Waals surface area contributed by atoms with Crippen LogP contribution in [0.3, 0.4) is 0 Å². The number of ether oxygens (including phenoxy) is 2. The van der Waals surface area contributed by atoms with Crippen molar-refractivity contribution in [3.05, 3.63) is 23.8 Å². The highest BCUT2D eigenvalue weighted by Gasteiger charge is 2.30. The van der Waals surface area contributed by atoms with Crippen molar-refractivity contribution >= 4 is 17.6 Å². The second-order valence-electron chi connectivity index (χ2n) is 6.90. The van der Waals surface area contributed by atoms with Gasteiger partial charge in [-0.3, -0.25) is 9.59 Å². The van der Waals surface area contributed by atoms with E-state index in [2.05, 4.69) is 5.32 Å². The van der Waals surface area contributed by atoms with Gasteiger partial charge in [-0.2, -0.15) is 0 Å². The van der Waals surface area contributed by atoms with Crippen molar-refractivity contribution in [1.29, 1.82) is 0 Å². The molecule has 0 aliphatic carbocycles. The molecular weight excluding hydrogens is 370 g/mol. The first kappa shape index (κ1) is 21.9. The first-order valence-corrected chi connectivity index (χ1v) is 9.55. The van der Waals surface area contributed by atoms with Crippen molar-refractivity contribution in [1.82, 2.24) is 4.90 Å². The molecule has 1 aliphatic heterocycles. The summed E-state index contributed by atoms with van der Waals surface area (Å²) in [5, 5.41) is 3.10. The molecule has 1 heterocycles. The van der Waals surface area contributed by atoms with Gasteiger partial charge in [0, 0.05) is 24.8 Å². The minimum Gasteiger partial charge on any atom is -0.487 e. The molecule has 2 rings (SSSR count). The van der Waals surface area contributed by atoms with Crippen LogP contribution in [0.25, 0.3) is 0 Å². The molecule has 8 heteroatoms. The van der Waals surface area contributed by atoms with Crippen molar-refractivity contribution < 1.29 is 27.8 Å². The maximum atomic E-state index is 12.7. The minimum atomic E-state index is -2.55. The summed E-state index contributed by atoms with van der Waals surface area (Å²) in [5.74, 6) is -0.0613. The number of nitrogens with zero attached hydrogens (tertiary/aromatic N) is 1. The predicted molar refractivity (Wildman–Crippen MR) is 102 cm³/mol. The lowest BCUT2D eigenvalue weighted by Crippen LogP contribution is -2.46. The molecule has 1 atom stereocenters. The number of hydrogen-bond acceptors (Lipinski definition) is 5. The Morgan fingerprint density at radius 1 is 1.29 bits per heavy atom. The van der Waals surface area contributed by atoms with Gasteiger partial charge in [-0.05, 0) is 45.2 Å². The van der Waals surface area contributed by atoms with Gasteiger partial charge in [0.25, 0.3) is 6.43 Å². The summed E-state index contributed by atoms with van der Waals surface area (Å²) >= 11 is 0. The molecule has 1 fully saturated rings. The standard InChI is InChI=1S/C20H28F2N2O4/c1-4-27-20(26)15-7-9-24(10-8-15)19(25)14(3)23-16-6-5-13(2)17(11-16)28-12-18(21)22/h5-6,11,14-15,18,23H,4,7-10,12H2,1-3H3. The van der Waals surface area contributed by atoms with Gasteiger partial charge < -0.3 is 19.7 Å². The first-order chi connectivity index (χ1) is 13.3. The number of halogens is 2. The summed E-state index contributed by atoms with van der Waals surface area (Å²) in [6.07, 6.45) is -1.37. The summed E-state index contributed by atoms with van der Waals surface area (Å²) in [6, 6.07) is 4.66. The number of hydrogen-bond donors (Lipinski definition) is 1. The average molecular weight is 398 g/mol. The molecule has 156 valence electrons. The summed E-state index contributed by atoms with van der Waals surface area (Å²) in [5.41, 5.74) is 1.36. The number of piperidine rings is 1. The maximum absolute atomic E-state index is 12.7. The lowest BCUT2D eigenvalue weighted by atomic mass is 9.96. The highest BCUT2D eigenvalue weighted by molar-refractivity contribution is 5.84. The fourth-order valence-electron chi connectivity index (χ4n) is 3.18. The zero-order chi connectivity index (χ0) is 20.7. The van der Waals surface area contributed by atoms with Crippen LogP contribution in [0.15, 0.2) is 18.2 Å². The van der Waals surface area contributed by atoms with E-state index >= 15 is 0 Å². The third-order valence-electron chi connectivity index (χ3n) is 4.73. The number of nitrogens with one attached hydrogen (secondary N) is 1. The second-order valence-corrected chi connectivity index (χ2v) is 6.90. The van der Waals surface area contributed by atoms with E-state index < -0.39 is 19.1 Å². The van der Waals surface area contributed by atoms with E-state index in [0.29, 0.717) is 44.0 Å². The van der Waals surface area contributed by atoms with Crippen LogP contribution in [0.2, 0.25) is 0 Å². The van der Waals surface area contributed by atoms with Gasteiger partial charge in [0.1, 0.15) is 18.4 Å². The van der Waals surface area contributed by atoms with Crippen LogP contribution in [0.5, 0.6) is 5.75 Å². The molecule has 0 saturated carbocycles. The van der Waals surface area contributed by atoms with Gasteiger partial charge in [-0.25, -0.2) is 8.78 Å². The number of amides is 1. The van der Waals surface area contributed by atoms with Crippen LogP contribution in [-0.4, -0.2) is 55.5 Å². The van der Waals surface area contributed by atoms with Crippen LogP contribution in [-0.2, 0) is 14.3 Å². The van der Waals surface area contributed by atoms with Crippen molar-refractivity contribution in [2.75, 3.05) is 31.6 Å². The number of rotatable bonds is 8. The topological polar surface area (TPSA) is 67.9 Å². The molecule has 0 aromatic heterocycles. The van der Waals surface area contributed by atoms with E-state index in [4.69, 9.17) is 9.47 Å². The van der Waals surface area contributed by atoms with E-state index in [9.17, 15) is 18.4 Å². The Hall–Kier alpha value is -2.38. The van der Waals surface area contributed by atoms with Gasteiger partial charge in [0.15, 0.2) is 0 Å². The number of aryl methyl sites for hydroxylation is 1. The van der Waals surface area contributed by atoms with Gasteiger partial charge in [-0.15, -0.1) is 0 Å². The second kappa shape index (κ2) is 10.2. The number of benzene rings is 1. The molecule has 6 nitrogen and oxygen atoms in total. The molecule has 1 aromatic carbocycles. The van der Waals surface area contributed by atoms with Crippen LogP contribution < -0.4 is 10.1 Å². The Bertz CT molecular complexity index is 676. The Balaban J connectivity index is 1.90. The number of alkyl halides is 2. The number of likely N-dealkylation sites (tertiary alicyclic amines) is 1. The summed E-state index contributed by atoms with van der Waals surface area (Å²) in [7, 11) is 0. The van der Waals surface area contributed by atoms with Crippen molar-refractivity contribution in [3.63, 3.8) is 0 Å². The van der Waals surface area contributed by atoms with E-state index in [1.54, 1.807) is 43.9 Å². The van der Waals surface area contributed by atoms with Crippen LogP contribution in [0, 0.1) is 12.8 Å². The highest BCUT2D eigenvalue weighted by Crippen LogP contribution is 2.24. The fourth-order valence-corrected chi connectivity index (χ4v) is 3.18. The summed E-state index contributed by atoms with van der Waals surface area (Å²) in [6.45, 7) is 5.99. The quantitative estimate of drug-likeness (QED) is 0.681. The molecule has 1 amide bonds. The van der Waals surface area contributed by atoms with Gasteiger partial charge in [0.05, 0.1) is 12.5 Å². The van der Waals surface area contributed by atoms with Gasteiger partial charge in [0.2, 0.25) is 5.91 Å². The zero-order valence-electron chi connectivity index (χ0n) is 16.5. The summed E-state index contributed by atoms with van der Waals surface area (Å²) in [4.78, 5) is 26.2. The highest BCUT2D eigenvalue weighted by atomic mass is 19.3. The SMILES string of the molecule is CCOC(=O)C1CCN(C(=O)C(C)Nc2ccc(C)c(OCC(F)F)c2)CC1. The smallest absolute Gasteiger partial charge is 0.309 e. The normalized spacial score (nSPS) is 16.0. The van der Waals surface area contributed by atoms with E-state index in [-0.39, 0.29) is 17.8 Å². The number of anilines is 1. The monoisotopic (exact) mass is 398 g/mol. The summed E-state index contributed by atoms with van der Waals surface area (Å²) < 4.78 is 34.9. The Labute approximate surface area is 164 Å². The Morgan fingerprint density at radius 2 is 1.96 bits per heavy atom. The van der Waals surface area contributed by atoms with Crippen LogP contribution in [0.4, 0.5) is 14.5 Å². The molecule has 0 radical (unpaired) electrons. The molecule has 1 aromatic rings. The third-order valence-corrected chi connectivity index (χ3v) is 4.73. The van der Waals surface area contributed by atoms with E-state index in [1.165, 1.54) is 0 Å². The molecule has 1 N–H and O–H groups in total. The molecule has 1 aliphatic rings.